The third kappa shape index (κ3) is 4.37. The number of benzene rings is 3. The largest absolute Gasteiger partial charge is 0.484 e. The van der Waals surface area contributed by atoms with Crippen LogP contribution in [-0.4, -0.2) is 30.4 Å². The molecule has 1 aromatic heterocycles. The maximum absolute atomic E-state index is 13.3. The minimum atomic E-state index is -3.33. The number of aromatic nitrogens is 2. The number of rotatable bonds is 8. The molecule has 1 saturated carbocycles. The van der Waals surface area contributed by atoms with Gasteiger partial charge in [0.2, 0.25) is 10.0 Å². The third-order valence-electron chi connectivity index (χ3n) is 5.53. The van der Waals surface area contributed by atoms with E-state index in [-0.39, 0.29) is 17.6 Å². The number of fused-ring (bicyclic) bond motifs is 1. The summed E-state index contributed by atoms with van der Waals surface area (Å²) in [5.74, 6) is 0.277. The normalized spacial score (nSPS) is 15.0. The highest BCUT2D eigenvalue weighted by molar-refractivity contribution is 7.90. The van der Waals surface area contributed by atoms with Crippen LogP contribution >= 0.6 is 0 Å². The number of ether oxygens (including phenoxy) is 1. The fourth-order valence-electron chi connectivity index (χ4n) is 3.64. The number of H-pyrrole nitrogens is 1. The summed E-state index contributed by atoms with van der Waals surface area (Å²) in [6.45, 7) is 0.136. The molecule has 1 aliphatic carbocycles. The zero-order chi connectivity index (χ0) is 22.1. The molecule has 0 radical (unpaired) electrons. The molecule has 1 heterocycles. The summed E-state index contributed by atoms with van der Waals surface area (Å²) < 4.78 is 47.0. The second-order valence-corrected chi connectivity index (χ2v) is 9.94. The number of nitrogens with zero attached hydrogens (tertiary/aromatic N) is 1. The molecule has 3 aromatic carbocycles. The minimum Gasteiger partial charge on any atom is -0.484 e. The lowest BCUT2D eigenvalue weighted by Gasteiger charge is -2.20. The zero-order valence-electron chi connectivity index (χ0n) is 17.2. The molecule has 1 fully saturated rings. The first-order valence-electron chi connectivity index (χ1n) is 10.4. The van der Waals surface area contributed by atoms with E-state index < -0.39 is 16.1 Å². The SMILES string of the molecule is O=S(=O)(NC[C@@H](Oc1ccc2[nH]nc(-c3ccc(F)cc3)c2c1)c1ccccc1)C1CC1. The van der Waals surface area contributed by atoms with Crippen molar-refractivity contribution in [3.05, 3.63) is 84.2 Å². The smallest absolute Gasteiger partial charge is 0.214 e. The van der Waals surface area contributed by atoms with Crippen LogP contribution in [0.5, 0.6) is 5.75 Å². The van der Waals surface area contributed by atoms with Gasteiger partial charge in [0, 0.05) is 10.9 Å². The van der Waals surface area contributed by atoms with Crippen molar-refractivity contribution >= 4 is 20.9 Å². The van der Waals surface area contributed by atoms with Crippen molar-refractivity contribution in [3.8, 4) is 17.0 Å². The van der Waals surface area contributed by atoms with E-state index in [1.807, 2.05) is 48.5 Å². The topological polar surface area (TPSA) is 84.1 Å². The van der Waals surface area contributed by atoms with Gasteiger partial charge in [-0.25, -0.2) is 17.5 Å². The van der Waals surface area contributed by atoms with Crippen molar-refractivity contribution < 1.29 is 17.5 Å². The van der Waals surface area contributed by atoms with E-state index in [0.717, 1.165) is 22.0 Å². The Morgan fingerprint density at radius 3 is 2.53 bits per heavy atom. The van der Waals surface area contributed by atoms with E-state index in [9.17, 15) is 12.8 Å². The van der Waals surface area contributed by atoms with Gasteiger partial charge < -0.3 is 4.74 Å². The van der Waals surface area contributed by atoms with Gasteiger partial charge in [-0.2, -0.15) is 5.10 Å². The average molecular weight is 452 g/mol. The van der Waals surface area contributed by atoms with Crippen LogP contribution in [0.4, 0.5) is 4.39 Å². The molecule has 0 spiro atoms. The summed E-state index contributed by atoms with van der Waals surface area (Å²) in [6.07, 6.45) is 0.911. The first-order valence-corrected chi connectivity index (χ1v) is 12.0. The monoisotopic (exact) mass is 451 g/mol. The van der Waals surface area contributed by atoms with Crippen molar-refractivity contribution in [1.82, 2.24) is 14.9 Å². The molecular weight excluding hydrogens is 429 g/mol. The van der Waals surface area contributed by atoms with E-state index >= 15 is 0 Å². The van der Waals surface area contributed by atoms with Crippen LogP contribution in [0, 0.1) is 5.82 Å². The average Bonchev–Trinajstić information content (AvgIpc) is 3.59. The van der Waals surface area contributed by atoms with Crippen LogP contribution in [0.2, 0.25) is 0 Å². The molecular formula is C24H22FN3O3S. The minimum absolute atomic E-state index is 0.136. The molecule has 8 heteroatoms. The van der Waals surface area contributed by atoms with E-state index in [2.05, 4.69) is 14.9 Å². The van der Waals surface area contributed by atoms with Gasteiger partial charge in [0.15, 0.2) is 0 Å². The first kappa shape index (κ1) is 20.7. The van der Waals surface area contributed by atoms with Gasteiger partial charge in [-0.15, -0.1) is 0 Å². The maximum Gasteiger partial charge on any atom is 0.214 e. The Balaban J connectivity index is 1.44. The third-order valence-corrected chi connectivity index (χ3v) is 7.45. The Bertz CT molecular complexity index is 1330. The Morgan fingerprint density at radius 1 is 1.06 bits per heavy atom. The lowest BCUT2D eigenvalue weighted by atomic mass is 10.1. The van der Waals surface area contributed by atoms with Crippen molar-refractivity contribution in [1.29, 1.82) is 0 Å². The van der Waals surface area contributed by atoms with Crippen LogP contribution in [0.1, 0.15) is 24.5 Å². The molecule has 32 heavy (non-hydrogen) atoms. The van der Waals surface area contributed by atoms with Gasteiger partial charge in [0.25, 0.3) is 0 Å². The van der Waals surface area contributed by atoms with Crippen LogP contribution in [0.25, 0.3) is 22.2 Å². The van der Waals surface area contributed by atoms with Crippen LogP contribution in [0.15, 0.2) is 72.8 Å². The summed E-state index contributed by atoms with van der Waals surface area (Å²) in [6, 6.07) is 21.2. The molecule has 4 aromatic rings. The Hall–Kier alpha value is -3.23. The van der Waals surface area contributed by atoms with Crippen molar-refractivity contribution in [2.24, 2.45) is 0 Å². The zero-order valence-corrected chi connectivity index (χ0v) is 18.0. The number of hydrogen-bond donors (Lipinski definition) is 2. The van der Waals surface area contributed by atoms with Gasteiger partial charge in [0.05, 0.1) is 17.3 Å². The fraction of sp³-hybridized carbons (Fsp3) is 0.208. The molecule has 0 saturated heterocycles. The predicted octanol–water partition coefficient (Wildman–Crippen LogP) is 4.57. The van der Waals surface area contributed by atoms with Crippen molar-refractivity contribution in [3.63, 3.8) is 0 Å². The Labute approximate surface area is 185 Å². The maximum atomic E-state index is 13.3. The van der Waals surface area contributed by atoms with Gasteiger partial charge >= 0.3 is 0 Å². The Kier molecular flexibility index (Phi) is 5.40. The second kappa shape index (κ2) is 8.37. The van der Waals surface area contributed by atoms with Crippen LogP contribution < -0.4 is 9.46 Å². The summed E-state index contributed by atoms with van der Waals surface area (Å²) in [4.78, 5) is 0. The van der Waals surface area contributed by atoms with E-state index in [1.165, 1.54) is 12.1 Å². The fourth-order valence-corrected chi connectivity index (χ4v) is 5.02. The number of nitrogens with one attached hydrogen (secondary N) is 2. The molecule has 1 atom stereocenters. The van der Waals surface area contributed by atoms with Crippen LogP contribution in [0.3, 0.4) is 0 Å². The molecule has 0 aliphatic heterocycles. The summed E-state index contributed by atoms with van der Waals surface area (Å²) in [7, 11) is -3.33. The standard InChI is InChI=1S/C24H22FN3O3S/c25-18-8-6-17(7-9-18)24-21-14-19(10-13-22(21)27-28-24)31-23(16-4-2-1-3-5-16)15-26-32(29,30)20-11-12-20/h1-10,13-14,20,23,26H,11-12,15H2,(H,27,28)/t23-/m1/s1. The predicted molar refractivity (Wildman–Crippen MR) is 121 cm³/mol. The van der Waals surface area contributed by atoms with Crippen molar-refractivity contribution in [2.45, 2.75) is 24.2 Å². The number of hydrogen-bond acceptors (Lipinski definition) is 4. The molecule has 5 rings (SSSR count). The van der Waals surface area contributed by atoms with Gasteiger partial charge in [-0.3, -0.25) is 5.10 Å². The second-order valence-electron chi connectivity index (χ2n) is 7.90. The number of halogens is 1. The highest BCUT2D eigenvalue weighted by atomic mass is 32.2. The van der Waals surface area contributed by atoms with E-state index in [0.29, 0.717) is 24.3 Å². The highest BCUT2D eigenvalue weighted by Crippen LogP contribution is 2.32. The van der Waals surface area contributed by atoms with E-state index in [4.69, 9.17) is 4.74 Å². The Morgan fingerprint density at radius 2 is 1.81 bits per heavy atom. The molecule has 6 nitrogen and oxygen atoms in total. The van der Waals surface area contributed by atoms with Crippen LogP contribution in [-0.2, 0) is 10.0 Å². The summed E-state index contributed by atoms with van der Waals surface area (Å²) in [5.41, 5.74) is 3.17. The molecule has 0 bridgehead atoms. The quantitative estimate of drug-likeness (QED) is 0.411. The van der Waals surface area contributed by atoms with Gasteiger partial charge in [-0.1, -0.05) is 30.3 Å². The molecule has 0 amide bonds. The molecule has 0 unspecified atom stereocenters. The summed E-state index contributed by atoms with van der Waals surface area (Å²) >= 11 is 0. The van der Waals surface area contributed by atoms with E-state index in [1.54, 1.807) is 12.1 Å². The lowest BCUT2D eigenvalue weighted by Crippen LogP contribution is -2.33. The lowest BCUT2D eigenvalue weighted by molar-refractivity contribution is 0.209. The van der Waals surface area contributed by atoms with Gasteiger partial charge in [0.1, 0.15) is 23.4 Å². The number of aromatic amines is 1. The first-order chi connectivity index (χ1) is 15.5. The molecule has 2 N–H and O–H groups in total. The number of sulfonamides is 1. The molecule has 164 valence electrons. The summed E-state index contributed by atoms with van der Waals surface area (Å²) in [5, 5.41) is 7.90. The van der Waals surface area contributed by atoms with Crippen molar-refractivity contribution in [2.75, 3.05) is 6.54 Å². The highest BCUT2D eigenvalue weighted by Gasteiger charge is 2.36. The molecule has 1 aliphatic rings. The van der Waals surface area contributed by atoms with Gasteiger partial charge in [-0.05, 0) is 60.9 Å².